The molecule has 25 heavy (non-hydrogen) atoms. The van der Waals surface area contributed by atoms with Gasteiger partial charge in [-0.1, -0.05) is 55.5 Å². The molecule has 1 N–H and O–H groups in total. The second kappa shape index (κ2) is 8.48. The second-order valence-corrected chi connectivity index (χ2v) is 7.30. The largest absolute Gasteiger partial charge is 0.380 e. The third-order valence-corrected chi connectivity index (χ3v) is 5.56. The summed E-state index contributed by atoms with van der Waals surface area (Å²) in [6.07, 6.45) is 2.56. The van der Waals surface area contributed by atoms with Crippen LogP contribution in [0.3, 0.4) is 0 Å². The summed E-state index contributed by atoms with van der Waals surface area (Å²) in [7, 11) is 0. The molecular formula is C22H30BrNO. The standard InChI is InChI=1S/C22H29NO.BrH/c1-17-10-4-6-12-20(17)22(24,21-13-7-5-11-18(21)2)19(3)16-23-14-8-9-15-23;/h4-7,10-13,19,24H,8-9,14-16H2,1-3H3;1H. The van der Waals surface area contributed by atoms with E-state index in [0.717, 1.165) is 41.9 Å². The second-order valence-electron chi connectivity index (χ2n) is 7.30. The molecule has 1 fully saturated rings. The number of hydrogen-bond acceptors (Lipinski definition) is 2. The van der Waals surface area contributed by atoms with Crippen LogP contribution in [0.1, 0.15) is 42.0 Å². The third-order valence-electron chi connectivity index (χ3n) is 5.56. The Hall–Kier alpha value is -1.16. The molecule has 2 nitrogen and oxygen atoms in total. The van der Waals surface area contributed by atoms with Gasteiger partial charge in [0.1, 0.15) is 5.60 Å². The maximum atomic E-state index is 12.0. The normalized spacial score (nSPS) is 16.5. The molecule has 1 saturated heterocycles. The van der Waals surface area contributed by atoms with Crippen LogP contribution >= 0.6 is 17.0 Å². The van der Waals surface area contributed by atoms with Crippen molar-refractivity contribution in [2.24, 2.45) is 5.92 Å². The monoisotopic (exact) mass is 403 g/mol. The minimum Gasteiger partial charge on any atom is -0.380 e. The van der Waals surface area contributed by atoms with Crippen LogP contribution in [-0.2, 0) is 5.60 Å². The van der Waals surface area contributed by atoms with Gasteiger partial charge >= 0.3 is 0 Å². The minimum atomic E-state index is -0.959. The molecule has 1 atom stereocenters. The fourth-order valence-electron chi connectivity index (χ4n) is 4.16. The van der Waals surface area contributed by atoms with Crippen LogP contribution in [0.4, 0.5) is 0 Å². The maximum Gasteiger partial charge on any atom is 0.119 e. The maximum absolute atomic E-state index is 12.0. The number of likely N-dealkylation sites (tertiary alicyclic amines) is 1. The Labute approximate surface area is 162 Å². The first-order chi connectivity index (χ1) is 11.5. The van der Waals surface area contributed by atoms with Gasteiger partial charge in [-0.05, 0) is 62.0 Å². The van der Waals surface area contributed by atoms with Gasteiger partial charge in [0, 0.05) is 12.5 Å². The molecule has 0 aliphatic carbocycles. The van der Waals surface area contributed by atoms with Gasteiger partial charge in [0.25, 0.3) is 0 Å². The molecule has 2 aromatic carbocycles. The van der Waals surface area contributed by atoms with E-state index in [4.69, 9.17) is 0 Å². The Balaban J connectivity index is 0.00000225. The van der Waals surface area contributed by atoms with E-state index >= 15 is 0 Å². The predicted molar refractivity (Wildman–Crippen MR) is 111 cm³/mol. The minimum absolute atomic E-state index is 0. The molecule has 0 aromatic heterocycles. The topological polar surface area (TPSA) is 23.5 Å². The number of rotatable bonds is 5. The Morgan fingerprint density at radius 2 is 1.36 bits per heavy atom. The van der Waals surface area contributed by atoms with E-state index in [1.165, 1.54) is 12.8 Å². The molecular weight excluding hydrogens is 374 g/mol. The number of hydrogen-bond donors (Lipinski definition) is 1. The Morgan fingerprint density at radius 1 is 0.920 bits per heavy atom. The van der Waals surface area contributed by atoms with Gasteiger partial charge in [0.15, 0.2) is 0 Å². The number of halogens is 1. The first-order valence-electron chi connectivity index (χ1n) is 9.10. The first-order valence-corrected chi connectivity index (χ1v) is 9.10. The molecule has 1 aliphatic rings. The molecule has 3 heteroatoms. The zero-order valence-electron chi connectivity index (χ0n) is 15.5. The van der Waals surface area contributed by atoms with Gasteiger partial charge in [0.2, 0.25) is 0 Å². The lowest BCUT2D eigenvalue weighted by molar-refractivity contribution is 0.00935. The zero-order chi connectivity index (χ0) is 17.2. The van der Waals surface area contributed by atoms with E-state index < -0.39 is 5.60 Å². The number of nitrogens with zero attached hydrogens (tertiary/aromatic N) is 1. The summed E-state index contributed by atoms with van der Waals surface area (Å²) in [6, 6.07) is 16.5. The lowest BCUT2D eigenvalue weighted by Gasteiger charge is -2.39. The average molecular weight is 404 g/mol. The molecule has 136 valence electrons. The first kappa shape index (κ1) is 20.2. The molecule has 0 amide bonds. The van der Waals surface area contributed by atoms with E-state index in [1.54, 1.807) is 0 Å². The summed E-state index contributed by atoms with van der Waals surface area (Å²) in [6.45, 7) is 9.63. The molecule has 3 rings (SSSR count). The molecule has 1 heterocycles. The summed E-state index contributed by atoms with van der Waals surface area (Å²) in [5.41, 5.74) is 3.41. The van der Waals surface area contributed by atoms with Gasteiger partial charge in [0.05, 0.1) is 0 Å². The van der Waals surface area contributed by atoms with Crippen molar-refractivity contribution in [1.29, 1.82) is 0 Å². The highest BCUT2D eigenvalue weighted by Crippen LogP contribution is 2.40. The number of benzene rings is 2. The third kappa shape index (κ3) is 3.99. The Kier molecular flexibility index (Phi) is 6.84. The highest BCUT2D eigenvalue weighted by atomic mass is 79.9. The van der Waals surface area contributed by atoms with Gasteiger partial charge in [-0.25, -0.2) is 0 Å². The molecule has 0 radical (unpaired) electrons. The van der Waals surface area contributed by atoms with Gasteiger partial charge < -0.3 is 10.0 Å². The van der Waals surface area contributed by atoms with Crippen molar-refractivity contribution in [3.05, 3.63) is 70.8 Å². The van der Waals surface area contributed by atoms with Crippen LogP contribution in [0.25, 0.3) is 0 Å². The molecule has 0 saturated carbocycles. The van der Waals surface area contributed by atoms with Crippen molar-refractivity contribution < 1.29 is 5.11 Å². The predicted octanol–water partition coefficient (Wildman–Crippen LogP) is 4.85. The van der Waals surface area contributed by atoms with Crippen LogP contribution in [0.5, 0.6) is 0 Å². The van der Waals surface area contributed by atoms with E-state index in [0.29, 0.717) is 0 Å². The fraction of sp³-hybridized carbons (Fsp3) is 0.455. The number of aryl methyl sites for hydroxylation is 2. The number of aliphatic hydroxyl groups is 1. The zero-order valence-corrected chi connectivity index (χ0v) is 17.2. The molecule has 0 bridgehead atoms. The van der Waals surface area contributed by atoms with Crippen LogP contribution in [0.15, 0.2) is 48.5 Å². The van der Waals surface area contributed by atoms with E-state index in [1.807, 2.05) is 24.3 Å². The lowest BCUT2D eigenvalue weighted by atomic mass is 9.73. The summed E-state index contributed by atoms with van der Waals surface area (Å²) in [5.74, 6) is 0.123. The van der Waals surface area contributed by atoms with Crippen LogP contribution in [0, 0.1) is 19.8 Å². The van der Waals surface area contributed by atoms with Crippen LogP contribution < -0.4 is 0 Å². The fourth-order valence-corrected chi connectivity index (χ4v) is 4.16. The van der Waals surface area contributed by atoms with Crippen molar-refractivity contribution in [3.8, 4) is 0 Å². The summed E-state index contributed by atoms with van der Waals surface area (Å²) in [4.78, 5) is 2.49. The van der Waals surface area contributed by atoms with Gasteiger partial charge in [-0.15, -0.1) is 17.0 Å². The quantitative estimate of drug-likeness (QED) is 0.770. The highest BCUT2D eigenvalue weighted by molar-refractivity contribution is 8.93. The van der Waals surface area contributed by atoms with Crippen molar-refractivity contribution in [3.63, 3.8) is 0 Å². The molecule has 2 aromatic rings. The van der Waals surface area contributed by atoms with E-state index in [2.05, 4.69) is 49.9 Å². The van der Waals surface area contributed by atoms with Crippen molar-refractivity contribution in [2.45, 2.75) is 39.2 Å². The van der Waals surface area contributed by atoms with Crippen LogP contribution in [0.2, 0.25) is 0 Å². The lowest BCUT2D eigenvalue weighted by Crippen LogP contribution is -2.42. The van der Waals surface area contributed by atoms with Gasteiger partial charge in [-0.2, -0.15) is 0 Å². The summed E-state index contributed by atoms with van der Waals surface area (Å²) >= 11 is 0. The van der Waals surface area contributed by atoms with Gasteiger partial charge in [-0.3, -0.25) is 0 Å². The molecule has 0 spiro atoms. The Morgan fingerprint density at radius 3 is 1.80 bits per heavy atom. The summed E-state index contributed by atoms with van der Waals surface area (Å²) in [5, 5.41) is 12.0. The van der Waals surface area contributed by atoms with Crippen molar-refractivity contribution >= 4 is 17.0 Å². The SMILES string of the molecule is Br.Cc1ccccc1C(O)(c1ccccc1C)C(C)CN1CCCC1. The van der Waals surface area contributed by atoms with Crippen molar-refractivity contribution in [1.82, 2.24) is 4.90 Å². The highest BCUT2D eigenvalue weighted by Gasteiger charge is 2.40. The van der Waals surface area contributed by atoms with E-state index in [-0.39, 0.29) is 22.9 Å². The summed E-state index contributed by atoms with van der Waals surface area (Å²) < 4.78 is 0. The average Bonchev–Trinajstić information content (AvgIpc) is 3.08. The Bertz CT molecular complexity index is 648. The van der Waals surface area contributed by atoms with E-state index in [9.17, 15) is 5.11 Å². The molecule has 1 unspecified atom stereocenters. The van der Waals surface area contributed by atoms with Crippen molar-refractivity contribution in [2.75, 3.05) is 19.6 Å². The molecule has 1 aliphatic heterocycles. The smallest absolute Gasteiger partial charge is 0.119 e. The van der Waals surface area contributed by atoms with Crippen LogP contribution in [-0.4, -0.2) is 29.6 Å².